The van der Waals surface area contributed by atoms with Gasteiger partial charge in [-0.3, -0.25) is 14.4 Å². The quantitative estimate of drug-likeness (QED) is 0.357. The number of carbonyl (C=O) groups is 3. The molecule has 9 heteroatoms. The van der Waals surface area contributed by atoms with Crippen LogP contribution >= 0.6 is 15.9 Å². The Morgan fingerprint density at radius 3 is 2.64 bits per heavy atom. The first-order chi connectivity index (χ1) is 17.4. The highest BCUT2D eigenvalue weighted by Crippen LogP contribution is 2.55. The first kappa shape index (κ1) is 25.4. The summed E-state index contributed by atoms with van der Waals surface area (Å²) in [6.07, 6.45) is 9.05. The highest BCUT2D eigenvalue weighted by atomic mass is 79.9. The van der Waals surface area contributed by atoms with E-state index in [0.29, 0.717) is 31.9 Å². The Labute approximate surface area is 220 Å². The Kier molecular flexibility index (Phi) is 7.51. The lowest BCUT2D eigenvalue weighted by molar-refractivity contribution is -0.141. The second-order valence-electron chi connectivity index (χ2n) is 10.1. The molecule has 2 saturated heterocycles. The summed E-state index contributed by atoms with van der Waals surface area (Å²) in [5, 5.41) is 6.15. The van der Waals surface area contributed by atoms with Crippen LogP contribution in [0, 0.1) is 11.8 Å². The zero-order chi connectivity index (χ0) is 25.3. The highest BCUT2D eigenvalue weighted by Gasteiger charge is 2.72. The van der Waals surface area contributed by atoms with E-state index in [1.807, 2.05) is 31.2 Å². The molecule has 0 unspecified atom stereocenters. The standard InChI is InChI=1S/C27H34BrN3O5/c1-2-35-16-6-15-31-23(25(33)30-18-7-4-3-5-8-18)27-14-13-20(36-27)21(22(27)26(31)34)24(32)29-19-11-9-17(28)10-12-19/h9-14,18,20-23H,2-8,15-16H2,1H3,(H,29,32)(H,30,33)/t20-,21+,22-,23+,27+/m1/s1. The molecule has 5 rings (SSSR count). The van der Waals surface area contributed by atoms with Crippen molar-refractivity contribution in [3.8, 4) is 0 Å². The number of anilines is 1. The lowest BCUT2D eigenvalue weighted by Gasteiger charge is -2.34. The van der Waals surface area contributed by atoms with E-state index < -0.39 is 29.6 Å². The highest BCUT2D eigenvalue weighted by molar-refractivity contribution is 9.10. The molecule has 0 radical (unpaired) electrons. The van der Waals surface area contributed by atoms with Gasteiger partial charge in [-0.2, -0.15) is 0 Å². The number of nitrogens with zero attached hydrogens (tertiary/aromatic N) is 1. The molecule has 1 spiro atoms. The molecular formula is C27H34BrN3O5. The largest absolute Gasteiger partial charge is 0.382 e. The number of likely N-dealkylation sites (tertiary alicyclic amines) is 1. The van der Waals surface area contributed by atoms with E-state index in [-0.39, 0.29) is 23.8 Å². The average Bonchev–Trinajstić information content (AvgIpc) is 3.51. The number of fused-ring (bicyclic) bond motifs is 1. The predicted molar refractivity (Wildman–Crippen MR) is 138 cm³/mol. The van der Waals surface area contributed by atoms with E-state index in [2.05, 4.69) is 26.6 Å². The monoisotopic (exact) mass is 559 g/mol. The second-order valence-corrected chi connectivity index (χ2v) is 11.0. The number of benzene rings is 1. The molecule has 1 aliphatic carbocycles. The van der Waals surface area contributed by atoms with Crippen LogP contribution in [0.15, 0.2) is 40.9 Å². The molecule has 3 fully saturated rings. The Bertz CT molecular complexity index is 1020. The minimum Gasteiger partial charge on any atom is -0.382 e. The first-order valence-electron chi connectivity index (χ1n) is 13.1. The summed E-state index contributed by atoms with van der Waals surface area (Å²) in [7, 11) is 0. The van der Waals surface area contributed by atoms with E-state index in [4.69, 9.17) is 9.47 Å². The Morgan fingerprint density at radius 2 is 1.92 bits per heavy atom. The van der Waals surface area contributed by atoms with Gasteiger partial charge in [0.25, 0.3) is 0 Å². The lowest BCUT2D eigenvalue weighted by atomic mass is 9.74. The third-order valence-electron chi connectivity index (χ3n) is 7.88. The fraction of sp³-hybridized carbons (Fsp3) is 0.593. The number of ether oxygens (including phenoxy) is 2. The molecule has 36 heavy (non-hydrogen) atoms. The zero-order valence-corrected chi connectivity index (χ0v) is 22.2. The number of amides is 3. The fourth-order valence-corrected chi connectivity index (χ4v) is 6.54. The van der Waals surface area contributed by atoms with Crippen molar-refractivity contribution in [3.05, 3.63) is 40.9 Å². The van der Waals surface area contributed by atoms with E-state index in [9.17, 15) is 14.4 Å². The fourth-order valence-electron chi connectivity index (χ4n) is 6.27. The molecule has 8 nitrogen and oxygen atoms in total. The summed E-state index contributed by atoms with van der Waals surface area (Å²) in [6.45, 7) is 3.40. The smallest absolute Gasteiger partial charge is 0.246 e. The van der Waals surface area contributed by atoms with Gasteiger partial charge >= 0.3 is 0 Å². The Balaban J connectivity index is 1.40. The third-order valence-corrected chi connectivity index (χ3v) is 8.41. The minimum absolute atomic E-state index is 0.112. The average molecular weight is 560 g/mol. The van der Waals surface area contributed by atoms with Gasteiger partial charge in [-0.05, 0) is 50.5 Å². The maximum atomic E-state index is 13.9. The van der Waals surface area contributed by atoms with Gasteiger partial charge < -0.3 is 25.0 Å². The lowest BCUT2D eigenvalue weighted by Crippen LogP contribution is -2.56. The molecule has 3 amide bonds. The number of hydrogen-bond donors (Lipinski definition) is 2. The van der Waals surface area contributed by atoms with Gasteiger partial charge in [0.2, 0.25) is 17.7 Å². The van der Waals surface area contributed by atoms with Crippen LogP contribution in [0.1, 0.15) is 45.4 Å². The number of nitrogens with one attached hydrogen (secondary N) is 2. The molecule has 1 saturated carbocycles. The number of hydrogen-bond acceptors (Lipinski definition) is 5. The number of carbonyl (C=O) groups excluding carboxylic acids is 3. The van der Waals surface area contributed by atoms with Crippen LogP contribution in [0.3, 0.4) is 0 Å². The number of rotatable bonds is 9. The van der Waals surface area contributed by atoms with Crippen molar-refractivity contribution in [1.29, 1.82) is 0 Å². The summed E-state index contributed by atoms with van der Waals surface area (Å²) in [6, 6.07) is 6.62. The summed E-state index contributed by atoms with van der Waals surface area (Å²) in [5.74, 6) is -2.09. The van der Waals surface area contributed by atoms with Gasteiger partial charge in [0, 0.05) is 36.0 Å². The van der Waals surface area contributed by atoms with E-state index in [0.717, 1.165) is 30.2 Å². The van der Waals surface area contributed by atoms with Crippen molar-refractivity contribution in [2.24, 2.45) is 11.8 Å². The molecule has 5 atom stereocenters. The van der Waals surface area contributed by atoms with Crippen LogP contribution in [0.25, 0.3) is 0 Å². The normalized spacial score (nSPS) is 31.1. The molecule has 2 N–H and O–H groups in total. The molecule has 3 heterocycles. The van der Waals surface area contributed by atoms with Crippen molar-refractivity contribution < 1.29 is 23.9 Å². The zero-order valence-electron chi connectivity index (χ0n) is 20.6. The Hall–Kier alpha value is -2.23. The van der Waals surface area contributed by atoms with Crippen LogP contribution in [0.5, 0.6) is 0 Å². The summed E-state index contributed by atoms with van der Waals surface area (Å²) < 4.78 is 12.8. The Morgan fingerprint density at radius 1 is 1.17 bits per heavy atom. The van der Waals surface area contributed by atoms with Gasteiger partial charge in [-0.15, -0.1) is 0 Å². The van der Waals surface area contributed by atoms with Crippen LogP contribution in [0.2, 0.25) is 0 Å². The predicted octanol–water partition coefficient (Wildman–Crippen LogP) is 3.41. The summed E-state index contributed by atoms with van der Waals surface area (Å²) in [5.41, 5.74) is -0.483. The van der Waals surface area contributed by atoms with Crippen LogP contribution < -0.4 is 10.6 Å². The van der Waals surface area contributed by atoms with Gasteiger partial charge in [0.05, 0.1) is 17.9 Å². The molecule has 2 bridgehead atoms. The van der Waals surface area contributed by atoms with E-state index in [1.165, 1.54) is 6.42 Å². The molecule has 4 aliphatic rings. The van der Waals surface area contributed by atoms with Gasteiger partial charge in [-0.1, -0.05) is 47.3 Å². The molecule has 1 aromatic rings. The van der Waals surface area contributed by atoms with Gasteiger partial charge in [0.1, 0.15) is 11.6 Å². The van der Waals surface area contributed by atoms with Crippen molar-refractivity contribution >= 4 is 39.3 Å². The maximum absolute atomic E-state index is 13.9. The summed E-state index contributed by atoms with van der Waals surface area (Å²) in [4.78, 5) is 42.7. The van der Waals surface area contributed by atoms with Crippen molar-refractivity contribution in [2.45, 2.75) is 69.2 Å². The maximum Gasteiger partial charge on any atom is 0.246 e. The van der Waals surface area contributed by atoms with Crippen molar-refractivity contribution in [2.75, 3.05) is 25.1 Å². The first-order valence-corrected chi connectivity index (χ1v) is 13.9. The van der Waals surface area contributed by atoms with Crippen LogP contribution in [-0.4, -0.2) is 66.2 Å². The molecular weight excluding hydrogens is 526 g/mol. The topological polar surface area (TPSA) is 97.0 Å². The summed E-state index contributed by atoms with van der Waals surface area (Å²) >= 11 is 3.40. The third kappa shape index (κ3) is 4.61. The van der Waals surface area contributed by atoms with E-state index in [1.54, 1.807) is 17.0 Å². The SMILES string of the molecule is CCOCCCN1C(=O)[C@H]2[C@@H](C(=O)Nc3ccc(Br)cc3)[C@H]3C=C[C@@]2(O3)[C@@H]1C(=O)NC1CCCCC1. The van der Waals surface area contributed by atoms with E-state index >= 15 is 0 Å². The minimum atomic E-state index is -1.13. The molecule has 0 aromatic heterocycles. The second kappa shape index (κ2) is 10.6. The van der Waals surface area contributed by atoms with Crippen molar-refractivity contribution in [1.82, 2.24) is 10.2 Å². The molecule has 1 aromatic carbocycles. The van der Waals surface area contributed by atoms with Crippen LogP contribution in [0.4, 0.5) is 5.69 Å². The van der Waals surface area contributed by atoms with Crippen LogP contribution in [-0.2, 0) is 23.9 Å². The van der Waals surface area contributed by atoms with Gasteiger partial charge in [0.15, 0.2) is 0 Å². The van der Waals surface area contributed by atoms with Gasteiger partial charge in [-0.25, -0.2) is 0 Å². The van der Waals surface area contributed by atoms with Crippen molar-refractivity contribution in [3.63, 3.8) is 0 Å². The molecule has 3 aliphatic heterocycles. The molecule has 194 valence electrons. The number of halogens is 1.